The fourth-order valence-electron chi connectivity index (χ4n) is 1.97. The first-order valence-electron chi connectivity index (χ1n) is 5.65. The molecule has 0 saturated carbocycles. The van der Waals surface area contributed by atoms with Crippen LogP contribution < -0.4 is 4.90 Å². The largest absolute Gasteiger partial charge is 0.339 e. The molecule has 18 heavy (non-hydrogen) atoms. The smallest absolute Gasteiger partial charge is 0.227 e. The molecule has 0 aromatic carbocycles. The number of imidazole rings is 1. The molecule has 1 aliphatic rings. The van der Waals surface area contributed by atoms with E-state index < -0.39 is 9.84 Å². The molecule has 1 saturated heterocycles. The number of aryl methyl sites for hydroxylation is 1. The minimum absolute atomic E-state index is 0.163. The second kappa shape index (κ2) is 3.91. The maximum Gasteiger partial charge on any atom is 0.227 e. The van der Waals surface area contributed by atoms with Crippen LogP contribution in [0.15, 0.2) is 12.5 Å². The maximum atomic E-state index is 11.4. The molecule has 7 nitrogen and oxygen atoms in total. The van der Waals surface area contributed by atoms with Crippen molar-refractivity contribution in [2.75, 3.05) is 29.5 Å². The molecule has 0 radical (unpaired) electrons. The zero-order valence-corrected chi connectivity index (χ0v) is 10.8. The molecule has 0 aliphatic carbocycles. The van der Waals surface area contributed by atoms with E-state index in [-0.39, 0.29) is 11.5 Å². The second-order valence-electron chi connectivity index (χ2n) is 4.37. The highest BCUT2D eigenvalue weighted by Gasteiger charge is 2.23. The topological polar surface area (TPSA) is 81.0 Å². The third kappa shape index (κ3) is 1.92. The highest BCUT2D eigenvalue weighted by atomic mass is 32.2. The summed E-state index contributed by atoms with van der Waals surface area (Å²) in [6, 6.07) is 0. The van der Waals surface area contributed by atoms with Gasteiger partial charge in [-0.3, -0.25) is 0 Å². The normalized spacial score (nSPS) is 19.3. The Morgan fingerprint density at radius 1 is 1.22 bits per heavy atom. The number of fused-ring (bicyclic) bond motifs is 1. The van der Waals surface area contributed by atoms with Crippen LogP contribution in [0.25, 0.3) is 11.2 Å². The summed E-state index contributed by atoms with van der Waals surface area (Å²) in [6.45, 7) is 0.890. The summed E-state index contributed by atoms with van der Waals surface area (Å²) < 4.78 is 24.6. The summed E-state index contributed by atoms with van der Waals surface area (Å²) in [5.74, 6) is 0.879. The Labute approximate surface area is 104 Å². The lowest BCUT2D eigenvalue weighted by molar-refractivity contribution is 0.585. The van der Waals surface area contributed by atoms with E-state index in [0.29, 0.717) is 24.7 Å². The van der Waals surface area contributed by atoms with Crippen molar-refractivity contribution in [3.63, 3.8) is 0 Å². The average molecular weight is 267 g/mol. The van der Waals surface area contributed by atoms with Crippen LogP contribution in [0, 0.1) is 0 Å². The van der Waals surface area contributed by atoms with Crippen molar-refractivity contribution in [2.24, 2.45) is 7.05 Å². The molecule has 0 atom stereocenters. The molecule has 2 aromatic heterocycles. The average Bonchev–Trinajstić information content (AvgIpc) is 2.71. The van der Waals surface area contributed by atoms with Crippen molar-refractivity contribution in [3.05, 3.63) is 12.5 Å². The number of sulfone groups is 1. The Balaban J connectivity index is 1.91. The van der Waals surface area contributed by atoms with Gasteiger partial charge in [0.15, 0.2) is 15.5 Å². The molecule has 96 valence electrons. The Hall–Kier alpha value is -1.70. The van der Waals surface area contributed by atoms with Crippen LogP contribution in [0.2, 0.25) is 0 Å². The van der Waals surface area contributed by atoms with Gasteiger partial charge in [-0.15, -0.1) is 0 Å². The van der Waals surface area contributed by atoms with E-state index in [2.05, 4.69) is 15.0 Å². The lowest BCUT2D eigenvalue weighted by Gasteiger charge is -2.26. The van der Waals surface area contributed by atoms with Gasteiger partial charge in [-0.2, -0.15) is 4.98 Å². The van der Waals surface area contributed by atoms with Crippen LogP contribution in [0.4, 0.5) is 5.95 Å². The van der Waals surface area contributed by atoms with Crippen molar-refractivity contribution in [3.8, 4) is 0 Å². The SMILES string of the molecule is Cn1cnc2nc(N3CCS(=O)(=O)CC3)ncc21. The minimum Gasteiger partial charge on any atom is -0.339 e. The first kappa shape index (κ1) is 11.4. The van der Waals surface area contributed by atoms with Gasteiger partial charge in [0.2, 0.25) is 5.95 Å². The molecule has 0 N–H and O–H groups in total. The van der Waals surface area contributed by atoms with Gasteiger partial charge < -0.3 is 9.47 Å². The highest BCUT2D eigenvalue weighted by Crippen LogP contribution is 2.15. The highest BCUT2D eigenvalue weighted by molar-refractivity contribution is 7.91. The fourth-order valence-corrected chi connectivity index (χ4v) is 3.17. The molecular formula is C10H13N5O2S. The second-order valence-corrected chi connectivity index (χ2v) is 6.68. The number of nitrogens with zero attached hydrogens (tertiary/aromatic N) is 5. The van der Waals surface area contributed by atoms with Gasteiger partial charge in [-0.1, -0.05) is 0 Å². The van der Waals surface area contributed by atoms with Crippen LogP contribution in [0.5, 0.6) is 0 Å². The summed E-state index contributed by atoms with van der Waals surface area (Å²) in [4.78, 5) is 14.7. The van der Waals surface area contributed by atoms with E-state index in [1.54, 1.807) is 12.5 Å². The lowest BCUT2D eigenvalue weighted by Crippen LogP contribution is -2.41. The quantitative estimate of drug-likeness (QED) is 0.699. The molecule has 8 heteroatoms. The standard InChI is InChI=1S/C10H13N5O2S/c1-14-7-12-9-8(14)6-11-10(13-9)15-2-4-18(16,17)5-3-15/h6-7H,2-5H2,1H3. The molecular weight excluding hydrogens is 254 g/mol. The van der Waals surface area contributed by atoms with Gasteiger partial charge in [0.05, 0.1) is 24.0 Å². The van der Waals surface area contributed by atoms with E-state index in [1.807, 2.05) is 16.5 Å². The molecule has 3 heterocycles. The summed E-state index contributed by atoms with van der Waals surface area (Å²) in [7, 11) is -0.998. The fraction of sp³-hybridized carbons (Fsp3) is 0.500. The Kier molecular flexibility index (Phi) is 2.47. The number of anilines is 1. The van der Waals surface area contributed by atoms with Crippen molar-refractivity contribution in [1.82, 2.24) is 19.5 Å². The van der Waals surface area contributed by atoms with Gasteiger partial charge in [0.25, 0.3) is 0 Å². The van der Waals surface area contributed by atoms with Gasteiger partial charge in [0.1, 0.15) is 5.52 Å². The number of rotatable bonds is 1. The Morgan fingerprint density at radius 2 is 1.94 bits per heavy atom. The third-order valence-electron chi connectivity index (χ3n) is 3.10. The molecule has 0 unspecified atom stereocenters. The lowest BCUT2D eigenvalue weighted by atomic mass is 10.5. The van der Waals surface area contributed by atoms with Gasteiger partial charge >= 0.3 is 0 Å². The maximum absolute atomic E-state index is 11.4. The van der Waals surface area contributed by atoms with Crippen molar-refractivity contribution < 1.29 is 8.42 Å². The van der Waals surface area contributed by atoms with Crippen LogP contribution in [0.3, 0.4) is 0 Å². The third-order valence-corrected chi connectivity index (χ3v) is 4.71. The minimum atomic E-state index is -2.88. The monoisotopic (exact) mass is 267 g/mol. The first-order valence-corrected chi connectivity index (χ1v) is 7.47. The predicted octanol–water partition coefficient (Wildman–Crippen LogP) is -0.402. The van der Waals surface area contributed by atoms with Crippen LogP contribution in [-0.4, -0.2) is 52.5 Å². The number of hydrogen-bond acceptors (Lipinski definition) is 6. The zero-order chi connectivity index (χ0) is 12.8. The Bertz CT molecular complexity index is 679. The molecule has 0 bridgehead atoms. The van der Waals surface area contributed by atoms with Crippen molar-refractivity contribution in [2.45, 2.75) is 0 Å². The molecule has 0 amide bonds. The predicted molar refractivity (Wildman–Crippen MR) is 67.2 cm³/mol. The summed E-state index contributed by atoms with van der Waals surface area (Å²) in [6.07, 6.45) is 3.40. The van der Waals surface area contributed by atoms with E-state index in [9.17, 15) is 8.42 Å². The molecule has 3 rings (SSSR count). The van der Waals surface area contributed by atoms with Crippen molar-refractivity contribution >= 4 is 26.9 Å². The molecule has 1 fully saturated rings. The number of aromatic nitrogens is 4. The van der Waals surface area contributed by atoms with Crippen LogP contribution >= 0.6 is 0 Å². The Morgan fingerprint density at radius 3 is 2.67 bits per heavy atom. The van der Waals surface area contributed by atoms with Crippen LogP contribution in [-0.2, 0) is 16.9 Å². The van der Waals surface area contributed by atoms with Crippen LogP contribution in [0.1, 0.15) is 0 Å². The first-order chi connectivity index (χ1) is 8.55. The van der Waals surface area contributed by atoms with Crippen molar-refractivity contribution in [1.29, 1.82) is 0 Å². The van der Waals surface area contributed by atoms with E-state index >= 15 is 0 Å². The van der Waals surface area contributed by atoms with E-state index in [4.69, 9.17) is 0 Å². The summed E-state index contributed by atoms with van der Waals surface area (Å²) >= 11 is 0. The number of hydrogen-bond donors (Lipinski definition) is 0. The van der Waals surface area contributed by atoms with Gasteiger partial charge in [-0.25, -0.2) is 18.4 Å². The van der Waals surface area contributed by atoms with E-state index in [0.717, 1.165) is 5.52 Å². The van der Waals surface area contributed by atoms with Gasteiger partial charge in [0, 0.05) is 20.1 Å². The molecule has 2 aromatic rings. The summed E-state index contributed by atoms with van der Waals surface area (Å²) in [5.41, 5.74) is 1.50. The zero-order valence-electron chi connectivity index (χ0n) is 9.94. The van der Waals surface area contributed by atoms with Gasteiger partial charge in [-0.05, 0) is 0 Å². The summed E-state index contributed by atoms with van der Waals surface area (Å²) in [5, 5.41) is 0. The van der Waals surface area contributed by atoms with E-state index in [1.165, 1.54) is 0 Å². The molecule has 0 spiro atoms. The molecule has 1 aliphatic heterocycles.